The van der Waals surface area contributed by atoms with Crippen LogP contribution in [0.2, 0.25) is 0 Å². The molecular weight excluding hydrogens is 783 g/mol. The summed E-state index contributed by atoms with van der Waals surface area (Å²) in [5, 5.41) is 60.7. The van der Waals surface area contributed by atoms with Crippen molar-refractivity contribution >= 4 is 32.5 Å². The van der Waals surface area contributed by atoms with Crippen LogP contribution in [-0.2, 0) is 21.2 Å². The summed E-state index contributed by atoms with van der Waals surface area (Å²) in [5.41, 5.74) is -3.69. The zero-order valence-corrected chi connectivity index (χ0v) is 30.9. The molecule has 0 spiro atoms. The predicted molar refractivity (Wildman–Crippen MR) is 193 cm³/mol. The van der Waals surface area contributed by atoms with E-state index in [1.807, 2.05) is 0 Å². The number of hydrogen-bond acceptors (Lipinski definition) is 11. The van der Waals surface area contributed by atoms with Crippen molar-refractivity contribution in [3.63, 3.8) is 0 Å². The standard InChI is InChI=1S/C36H29BF6N6O5P2/c38-35(39,40)30-23-31(36(41,42)43)25-32(24-30)52-37(53-55(17-11-44,18-12-45,19-13-46)26-33(50)28-7-3-1-4-8-28)54-56(20-14-47,21-15-48,22-16-49)27-34(51)29-9-5-2-6-10-29/h1-10,23-25H,17-22,26-27H2. The summed E-state index contributed by atoms with van der Waals surface area (Å²) >= 11 is 0. The summed E-state index contributed by atoms with van der Waals surface area (Å²) in [6, 6.07) is 25.2. The third kappa shape index (κ3) is 10.7. The van der Waals surface area contributed by atoms with Gasteiger partial charge in [-0.05, 0) is 0 Å². The topological polar surface area (TPSA) is 205 Å². The van der Waals surface area contributed by atoms with Crippen molar-refractivity contribution in [2.24, 2.45) is 0 Å². The molecule has 0 aromatic heterocycles. The Kier molecular flexibility index (Phi) is 14.1. The zero-order valence-electron chi connectivity index (χ0n) is 29.1. The minimum atomic E-state index is -5.38. The van der Waals surface area contributed by atoms with Gasteiger partial charge in [0.1, 0.15) is 0 Å². The fraction of sp³-hybridized carbons (Fsp3) is 0.278. The average molecular weight is 812 g/mol. The predicted octanol–water partition coefficient (Wildman–Crippen LogP) is 7.96. The SMILES string of the molecule is N#CCP(CC#N)(CC#N)(CC(=O)c1ccccc1)OB(Oc1cc(C(F)(F)F)cc(C(F)(F)F)c1)OP(CC#N)(CC#N)(CC#N)CC(=O)c1ccccc1. The molecule has 288 valence electrons. The van der Waals surface area contributed by atoms with E-state index in [0.29, 0.717) is 0 Å². The van der Waals surface area contributed by atoms with Crippen LogP contribution in [0.4, 0.5) is 26.3 Å². The molecule has 20 heteroatoms. The molecule has 11 nitrogen and oxygen atoms in total. The van der Waals surface area contributed by atoms with Gasteiger partial charge in [-0.15, -0.1) is 0 Å². The van der Waals surface area contributed by atoms with Crippen molar-refractivity contribution in [3.8, 4) is 42.2 Å². The first-order chi connectivity index (χ1) is 26.3. The first-order valence-electron chi connectivity index (χ1n) is 16.1. The Morgan fingerprint density at radius 2 is 0.839 bits per heavy atom. The summed E-state index contributed by atoms with van der Waals surface area (Å²) in [5.74, 6) is -2.81. The second-order valence-corrected chi connectivity index (χ2v) is 23.3. The minimum absolute atomic E-state index is 0.0107. The Morgan fingerprint density at radius 1 is 0.536 bits per heavy atom. The number of ketones is 2. The van der Waals surface area contributed by atoms with E-state index in [4.69, 9.17) is 13.5 Å². The molecule has 0 heterocycles. The Hall–Kier alpha value is -5.84. The van der Waals surface area contributed by atoms with Crippen molar-refractivity contribution in [2.75, 3.05) is 49.3 Å². The van der Waals surface area contributed by atoms with Crippen LogP contribution in [0.15, 0.2) is 78.9 Å². The van der Waals surface area contributed by atoms with Crippen LogP contribution in [0.1, 0.15) is 31.8 Å². The van der Waals surface area contributed by atoms with Crippen LogP contribution in [0, 0.1) is 68.0 Å². The quantitative estimate of drug-likeness (QED) is 0.0521. The molecule has 0 N–H and O–H groups in total. The number of carbonyl (C=O) groups is 2. The monoisotopic (exact) mass is 812 g/mol. The number of benzene rings is 3. The number of rotatable bonds is 18. The van der Waals surface area contributed by atoms with Crippen LogP contribution in [-0.4, -0.2) is 68.2 Å². The number of alkyl halides is 6. The first kappa shape index (κ1) is 44.6. The number of halogens is 6. The number of nitrogens with zero attached hydrogens (tertiary/aromatic N) is 6. The average Bonchev–Trinajstić information content (AvgIpc) is 3.12. The molecule has 56 heavy (non-hydrogen) atoms. The van der Waals surface area contributed by atoms with Crippen LogP contribution < -0.4 is 4.65 Å². The number of nitriles is 6. The van der Waals surface area contributed by atoms with Gasteiger partial charge in [0.25, 0.3) is 0 Å². The maximum atomic E-state index is 14.0. The fourth-order valence-electron chi connectivity index (χ4n) is 5.85. The number of carbonyl (C=O) groups excluding carboxylic acids is 2. The molecule has 0 amide bonds. The van der Waals surface area contributed by atoms with E-state index in [1.54, 1.807) is 48.5 Å². The van der Waals surface area contributed by atoms with Gasteiger partial charge in [-0.25, -0.2) is 0 Å². The van der Waals surface area contributed by atoms with E-state index >= 15 is 0 Å². The fourth-order valence-corrected chi connectivity index (χ4v) is 13.0. The second kappa shape index (κ2) is 17.7. The molecule has 3 rings (SSSR count). The Morgan fingerprint density at radius 3 is 1.11 bits per heavy atom. The molecule has 0 unspecified atom stereocenters. The van der Waals surface area contributed by atoms with E-state index < -0.39 is 111 Å². The van der Waals surface area contributed by atoms with Crippen molar-refractivity contribution in [2.45, 2.75) is 12.4 Å². The van der Waals surface area contributed by atoms with Crippen LogP contribution >= 0.6 is 13.7 Å². The molecule has 0 fully saturated rings. The van der Waals surface area contributed by atoms with Crippen LogP contribution in [0.5, 0.6) is 5.75 Å². The molecular formula is C36H29BF6N6O5P2. The van der Waals surface area contributed by atoms with Crippen LogP contribution in [0.3, 0.4) is 0 Å². The van der Waals surface area contributed by atoms with Gasteiger partial charge in [0.05, 0.1) is 0 Å². The van der Waals surface area contributed by atoms with Gasteiger partial charge >= 0.3 is 319 Å². The first-order valence-corrected chi connectivity index (χ1v) is 21.9. The Bertz CT molecular complexity index is 1970. The third-order valence-electron chi connectivity index (χ3n) is 8.66. The van der Waals surface area contributed by atoms with Gasteiger partial charge in [-0.1, -0.05) is 0 Å². The zero-order chi connectivity index (χ0) is 41.7. The van der Waals surface area contributed by atoms with Gasteiger partial charge in [0.2, 0.25) is 0 Å². The summed E-state index contributed by atoms with van der Waals surface area (Å²) < 4.78 is 102. The summed E-state index contributed by atoms with van der Waals surface area (Å²) in [6.45, 7) is -10.4. The van der Waals surface area contributed by atoms with Gasteiger partial charge in [0, 0.05) is 0 Å². The molecule has 3 aromatic carbocycles. The molecule has 0 aliphatic carbocycles. The van der Waals surface area contributed by atoms with E-state index in [1.165, 1.54) is 48.5 Å². The van der Waals surface area contributed by atoms with Gasteiger partial charge in [-0.3, -0.25) is 0 Å². The molecule has 0 saturated heterocycles. The maximum absolute atomic E-state index is 14.0. The van der Waals surface area contributed by atoms with Crippen LogP contribution in [0.25, 0.3) is 0 Å². The van der Waals surface area contributed by atoms with E-state index in [9.17, 15) is 67.5 Å². The molecule has 0 bridgehead atoms. The number of Topliss-reactive ketones (excluding diaryl/α,β-unsaturated/α-hetero) is 2. The van der Waals surface area contributed by atoms with Gasteiger partial charge < -0.3 is 0 Å². The van der Waals surface area contributed by atoms with Crippen molar-refractivity contribution < 1.29 is 49.5 Å². The van der Waals surface area contributed by atoms with Crippen molar-refractivity contribution in [1.29, 1.82) is 31.6 Å². The normalized spacial score (nSPS) is 12.9. The van der Waals surface area contributed by atoms with Crippen molar-refractivity contribution in [3.05, 3.63) is 101 Å². The second-order valence-electron chi connectivity index (χ2n) is 12.9. The molecule has 0 aliphatic rings. The van der Waals surface area contributed by atoms with E-state index in [0.717, 1.165) is 0 Å². The Balaban J connectivity index is 2.47. The van der Waals surface area contributed by atoms with E-state index in [-0.39, 0.29) is 29.3 Å². The number of hydrogen-bond donors (Lipinski definition) is 0. The summed E-state index contributed by atoms with van der Waals surface area (Å²) in [4.78, 5) is 27.7. The molecule has 0 atom stereocenters. The Labute approximate surface area is 318 Å². The summed E-state index contributed by atoms with van der Waals surface area (Å²) in [6.07, 6.45) is -17.9. The van der Waals surface area contributed by atoms with Gasteiger partial charge in [-0.2, -0.15) is 0 Å². The molecule has 0 aliphatic heterocycles. The van der Waals surface area contributed by atoms with Crippen molar-refractivity contribution in [1.82, 2.24) is 0 Å². The molecule has 3 aromatic rings. The third-order valence-corrected chi connectivity index (χ3v) is 18.0. The van der Waals surface area contributed by atoms with Gasteiger partial charge in [0.15, 0.2) is 0 Å². The summed E-state index contributed by atoms with van der Waals surface area (Å²) in [7, 11) is -2.73. The van der Waals surface area contributed by atoms with E-state index in [2.05, 4.69) is 0 Å². The molecule has 0 radical (unpaired) electrons. The molecule has 0 saturated carbocycles.